The molecule has 0 aliphatic rings. The Balaban J connectivity index is 1.44. The van der Waals surface area contributed by atoms with Crippen molar-refractivity contribution in [1.82, 2.24) is 4.57 Å². The standard InChI is InChI=1S/C34H32N2O2S/c1-5-36-30-15-13-24(32(37)26-12-7-6-9-21(26)2)19-27(30)28-20-25(14-16-31(28)36)33(38)29(35)17-18-39-34-22(3)10-8-11-23(34)4/h6-16,19-20,35H,5,17-18H2,1-4H3. The van der Waals surface area contributed by atoms with E-state index in [1.807, 2.05) is 73.7 Å². The molecule has 5 rings (SSSR count). The summed E-state index contributed by atoms with van der Waals surface area (Å²) in [5.41, 5.74) is 7.37. The van der Waals surface area contributed by atoms with Crippen LogP contribution in [0, 0.1) is 26.2 Å². The molecule has 0 saturated heterocycles. The summed E-state index contributed by atoms with van der Waals surface area (Å²) in [6.07, 6.45) is 0.404. The second kappa shape index (κ2) is 11.0. The Morgan fingerprint density at radius 1 is 0.769 bits per heavy atom. The summed E-state index contributed by atoms with van der Waals surface area (Å²) in [7, 11) is 0. The highest BCUT2D eigenvalue weighted by Crippen LogP contribution is 2.32. The molecule has 0 fully saturated rings. The van der Waals surface area contributed by atoms with Crippen LogP contribution in [-0.2, 0) is 6.54 Å². The molecule has 0 saturated carbocycles. The SMILES string of the molecule is CCn1c2ccc(C(=O)C(=N)CCSc3c(C)cccc3C)cc2c2cc(C(=O)c3ccccc3C)ccc21. The van der Waals surface area contributed by atoms with Gasteiger partial charge in [0.15, 0.2) is 5.78 Å². The maximum absolute atomic E-state index is 13.3. The third-order valence-electron chi connectivity index (χ3n) is 7.38. The van der Waals surface area contributed by atoms with Crippen molar-refractivity contribution in [2.45, 2.75) is 45.6 Å². The summed E-state index contributed by atoms with van der Waals surface area (Å²) in [4.78, 5) is 27.8. The quantitative estimate of drug-likeness (QED) is 0.118. The van der Waals surface area contributed by atoms with E-state index in [1.165, 1.54) is 16.0 Å². The largest absolute Gasteiger partial charge is 0.341 e. The van der Waals surface area contributed by atoms with Gasteiger partial charge >= 0.3 is 0 Å². The summed E-state index contributed by atoms with van der Waals surface area (Å²) in [6.45, 7) is 8.99. The molecule has 39 heavy (non-hydrogen) atoms. The Bertz CT molecular complexity index is 1740. The average molecular weight is 533 g/mol. The predicted octanol–water partition coefficient (Wildman–Crippen LogP) is 8.36. The van der Waals surface area contributed by atoms with Gasteiger partial charge in [0.2, 0.25) is 5.78 Å². The van der Waals surface area contributed by atoms with Crippen molar-refractivity contribution in [3.05, 3.63) is 112 Å². The first kappa shape index (κ1) is 26.6. The van der Waals surface area contributed by atoms with Gasteiger partial charge in [0.1, 0.15) is 0 Å². The molecule has 5 heteroatoms. The monoisotopic (exact) mass is 532 g/mol. The molecular weight excluding hydrogens is 500 g/mol. The zero-order valence-corrected chi connectivity index (χ0v) is 23.6. The first-order valence-electron chi connectivity index (χ1n) is 13.3. The van der Waals surface area contributed by atoms with Crippen molar-refractivity contribution in [1.29, 1.82) is 5.41 Å². The molecule has 0 aliphatic heterocycles. The Morgan fingerprint density at radius 2 is 1.36 bits per heavy atom. The number of Topliss-reactive ketones (excluding diaryl/α,β-unsaturated/α-hetero) is 1. The van der Waals surface area contributed by atoms with Gasteiger partial charge in [-0.15, -0.1) is 11.8 Å². The number of aryl methyl sites for hydroxylation is 4. The lowest BCUT2D eigenvalue weighted by atomic mass is 9.97. The van der Waals surface area contributed by atoms with E-state index in [2.05, 4.69) is 37.5 Å². The van der Waals surface area contributed by atoms with Gasteiger partial charge in [-0.1, -0.05) is 42.5 Å². The van der Waals surface area contributed by atoms with Crippen molar-refractivity contribution in [2.75, 3.05) is 5.75 Å². The van der Waals surface area contributed by atoms with Crippen LogP contribution in [0.4, 0.5) is 0 Å². The summed E-state index contributed by atoms with van der Waals surface area (Å²) in [5, 5.41) is 10.4. The maximum atomic E-state index is 13.3. The van der Waals surface area contributed by atoms with Crippen molar-refractivity contribution < 1.29 is 9.59 Å². The van der Waals surface area contributed by atoms with Gasteiger partial charge in [-0.3, -0.25) is 9.59 Å². The Morgan fingerprint density at radius 3 is 2.00 bits per heavy atom. The lowest BCUT2D eigenvalue weighted by Crippen LogP contribution is -2.14. The van der Waals surface area contributed by atoms with Crippen molar-refractivity contribution in [3.8, 4) is 0 Å². The summed E-state index contributed by atoms with van der Waals surface area (Å²) in [6, 6.07) is 25.4. The highest BCUT2D eigenvalue weighted by atomic mass is 32.2. The molecule has 4 nitrogen and oxygen atoms in total. The van der Waals surface area contributed by atoms with Crippen LogP contribution in [0.1, 0.15) is 56.3 Å². The second-order valence-corrected chi connectivity index (χ2v) is 11.1. The van der Waals surface area contributed by atoms with Gasteiger partial charge < -0.3 is 9.98 Å². The van der Waals surface area contributed by atoms with E-state index in [9.17, 15) is 9.59 Å². The van der Waals surface area contributed by atoms with Gasteiger partial charge in [0.05, 0.1) is 5.71 Å². The van der Waals surface area contributed by atoms with Crippen LogP contribution < -0.4 is 0 Å². The van der Waals surface area contributed by atoms with Crippen LogP contribution in [0.3, 0.4) is 0 Å². The lowest BCUT2D eigenvalue weighted by molar-refractivity contribution is 0.103. The van der Waals surface area contributed by atoms with E-state index in [4.69, 9.17) is 5.41 Å². The van der Waals surface area contributed by atoms with Crippen LogP contribution in [0.25, 0.3) is 21.8 Å². The number of carbonyl (C=O) groups is 2. The van der Waals surface area contributed by atoms with Gasteiger partial charge in [-0.25, -0.2) is 0 Å². The number of hydrogen-bond acceptors (Lipinski definition) is 4. The smallest absolute Gasteiger partial charge is 0.206 e. The molecule has 196 valence electrons. The molecule has 0 aliphatic carbocycles. The fraction of sp³-hybridized carbons (Fsp3) is 0.206. The number of aromatic nitrogens is 1. The summed E-state index contributed by atoms with van der Waals surface area (Å²) in [5.74, 6) is 0.421. The number of ketones is 2. The molecule has 0 bridgehead atoms. The van der Waals surface area contributed by atoms with Crippen molar-refractivity contribution in [2.24, 2.45) is 0 Å². The Labute approximate surface area is 233 Å². The van der Waals surface area contributed by atoms with Crippen LogP contribution in [0.5, 0.6) is 0 Å². The number of hydrogen-bond donors (Lipinski definition) is 1. The van der Waals surface area contributed by atoms with Gasteiger partial charge in [-0.05, 0) is 80.8 Å². The zero-order valence-electron chi connectivity index (χ0n) is 22.8. The fourth-order valence-electron chi connectivity index (χ4n) is 5.28. The minimum absolute atomic E-state index is 0.0113. The maximum Gasteiger partial charge on any atom is 0.206 e. The molecule has 0 amide bonds. The topological polar surface area (TPSA) is 62.9 Å². The second-order valence-electron chi connectivity index (χ2n) is 9.98. The number of benzene rings is 4. The van der Waals surface area contributed by atoms with Crippen LogP contribution in [-0.4, -0.2) is 27.6 Å². The van der Waals surface area contributed by atoms with Gasteiger partial charge in [0.25, 0.3) is 0 Å². The van der Waals surface area contributed by atoms with E-state index in [0.29, 0.717) is 28.9 Å². The first-order chi connectivity index (χ1) is 18.8. The lowest BCUT2D eigenvalue weighted by Gasteiger charge is -2.09. The summed E-state index contributed by atoms with van der Waals surface area (Å²) < 4.78 is 2.20. The van der Waals surface area contributed by atoms with Gasteiger partial charge in [0, 0.05) is 62.1 Å². The minimum Gasteiger partial charge on any atom is -0.341 e. The van der Waals surface area contributed by atoms with E-state index in [0.717, 1.165) is 33.9 Å². The normalized spacial score (nSPS) is 11.3. The molecule has 0 atom stereocenters. The van der Waals surface area contributed by atoms with E-state index >= 15 is 0 Å². The number of nitrogens with one attached hydrogen (secondary N) is 1. The van der Waals surface area contributed by atoms with Crippen molar-refractivity contribution in [3.63, 3.8) is 0 Å². The summed E-state index contributed by atoms with van der Waals surface area (Å²) >= 11 is 1.70. The average Bonchev–Trinajstić information content (AvgIpc) is 3.26. The molecule has 0 spiro atoms. The number of carbonyl (C=O) groups excluding carboxylic acids is 2. The molecule has 0 unspecified atom stereocenters. The highest BCUT2D eigenvalue weighted by molar-refractivity contribution is 7.99. The van der Waals surface area contributed by atoms with Crippen LogP contribution in [0.15, 0.2) is 83.8 Å². The first-order valence-corrected chi connectivity index (χ1v) is 14.3. The number of thioether (sulfide) groups is 1. The van der Waals surface area contributed by atoms with E-state index < -0.39 is 0 Å². The van der Waals surface area contributed by atoms with E-state index in [1.54, 1.807) is 11.8 Å². The third kappa shape index (κ3) is 5.07. The number of fused-ring (bicyclic) bond motifs is 3. The predicted molar refractivity (Wildman–Crippen MR) is 163 cm³/mol. The Hall–Kier alpha value is -3.96. The zero-order chi connectivity index (χ0) is 27.7. The molecule has 5 aromatic rings. The third-order valence-corrected chi connectivity index (χ3v) is 8.72. The van der Waals surface area contributed by atoms with E-state index in [-0.39, 0.29) is 17.3 Å². The molecule has 0 radical (unpaired) electrons. The number of nitrogens with zero attached hydrogens (tertiary/aromatic N) is 1. The number of rotatable bonds is 9. The minimum atomic E-state index is -0.247. The van der Waals surface area contributed by atoms with Crippen LogP contribution in [0.2, 0.25) is 0 Å². The van der Waals surface area contributed by atoms with Gasteiger partial charge in [-0.2, -0.15) is 0 Å². The molecule has 4 aromatic carbocycles. The van der Waals surface area contributed by atoms with Crippen LogP contribution >= 0.6 is 11.8 Å². The molecule has 1 N–H and O–H groups in total. The van der Waals surface area contributed by atoms with Crippen molar-refractivity contribution >= 4 is 50.8 Å². The fourth-order valence-corrected chi connectivity index (χ4v) is 6.38. The Kier molecular flexibility index (Phi) is 7.53. The molecular formula is C34H32N2O2S. The molecule has 1 aromatic heterocycles. The molecule has 1 heterocycles. The highest BCUT2D eigenvalue weighted by Gasteiger charge is 2.18.